The third kappa shape index (κ3) is 5.90. The lowest BCUT2D eigenvalue weighted by molar-refractivity contribution is 0.00403. The van der Waals surface area contributed by atoms with E-state index in [-0.39, 0.29) is 17.1 Å². The number of hydrogen-bond acceptors (Lipinski definition) is 6. The predicted molar refractivity (Wildman–Crippen MR) is 120 cm³/mol. The SMILES string of the molecule is C=C1N=CN(C[C@H]2CCC[C@]3(C2)CN(CC(C)(C)C)C(=O)O3)C/C=C(/C#N)C=C1OC. The van der Waals surface area contributed by atoms with Gasteiger partial charge in [0, 0.05) is 19.6 Å². The van der Waals surface area contributed by atoms with E-state index in [4.69, 9.17) is 9.47 Å². The van der Waals surface area contributed by atoms with Gasteiger partial charge in [-0.1, -0.05) is 27.4 Å². The Bertz CT molecular complexity index is 846. The monoisotopic (exact) mass is 426 g/mol. The maximum absolute atomic E-state index is 12.5. The third-order valence-corrected chi connectivity index (χ3v) is 5.95. The summed E-state index contributed by atoms with van der Waals surface area (Å²) in [5, 5.41) is 9.42. The van der Waals surface area contributed by atoms with Gasteiger partial charge in [-0.05, 0) is 49.2 Å². The Labute approximate surface area is 185 Å². The van der Waals surface area contributed by atoms with Crippen LogP contribution in [0.5, 0.6) is 0 Å². The molecular formula is C24H34N4O3. The summed E-state index contributed by atoms with van der Waals surface area (Å²) in [5.41, 5.74) is 0.666. The van der Waals surface area contributed by atoms with Gasteiger partial charge in [-0.3, -0.25) is 0 Å². The van der Waals surface area contributed by atoms with Gasteiger partial charge in [-0.2, -0.15) is 5.26 Å². The van der Waals surface area contributed by atoms with Crippen LogP contribution in [0.15, 0.2) is 40.8 Å². The molecule has 0 aromatic rings. The van der Waals surface area contributed by atoms with E-state index in [1.54, 1.807) is 19.5 Å². The van der Waals surface area contributed by atoms with Gasteiger partial charge in [-0.15, -0.1) is 0 Å². The zero-order chi connectivity index (χ0) is 22.6. The van der Waals surface area contributed by atoms with Gasteiger partial charge in [-0.25, -0.2) is 9.79 Å². The molecule has 1 amide bonds. The van der Waals surface area contributed by atoms with Crippen LogP contribution in [-0.4, -0.2) is 61.1 Å². The van der Waals surface area contributed by atoms with Crippen molar-refractivity contribution in [2.24, 2.45) is 16.3 Å². The lowest BCUT2D eigenvalue weighted by Gasteiger charge is -2.38. The van der Waals surface area contributed by atoms with E-state index in [0.717, 1.165) is 32.2 Å². The van der Waals surface area contributed by atoms with E-state index < -0.39 is 0 Å². The molecule has 0 bridgehead atoms. The van der Waals surface area contributed by atoms with Crippen molar-refractivity contribution in [1.29, 1.82) is 5.26 Å². The Morgan fingerprint density at radius 1 is 1.45 bits per heavy atom. The normalized spacial score (nSPS) is 28.8. The summed E-state index contributed by atoms with van der Waals surface area (Å²) in [4.78, 5) is 20.9. The molecule has 2 heterocycles. The molecule has 7 nitrogen and oxygen atoms in total. The second-order valence-corrected chi connectivity index (χ2v) is 10.1. The van der Waals surface area contributed by atoms with Crippen molar-refractivity contribution < 1.29 is 14.3 Å². The van der Waals surface area contributed by atoms with Crippen molar-refractivity contribution in [1.82, 2.24) is 9.80 Å². The van der Waals surface area contributed by atoms with Gasteiger partial charge in [0.1, 0.15) is 11.4 Å². The van der Waals surface area contributed by atoms with Gasteiger partial charge >= 0.3 is 6.09 Å². The maximum atomic E-state index is 12.5. The summed E-state index contributed by atoms with van der Waals surface area (Å²) in [6.07, 6.45) is 9.02. The minimum absolute atomic E-state index is 0.0421. The Hall–Kier alpha value is -2.75. The van der Waals surface area contributed by atoms with Crippen LogP contribution in [0.1, 0.15) is 46.5 Å². The van der Waals surface area contributed by atoms with Crippen LogP contribution in [0, 0.1) is 22.7 Å². The number of carbonyl (C=O) groups is 1. The molecule has 31 heavy (non-hydrogen) atoms. The van der Waals surface area contributed by atoms with Gasteiger partial charge in [0.15, 0.2) is 0 Å². The van der Waals surface area contributed by atoms with E-state index in [2.05, 4.69) is 43.3 Å². The summed E-state index contributed by atoms with van der Waals surface area (Å²) in [7, 11) is 1.55. The lowest BCUT2D eigenvalue weighted by Crippen LogP contribution is -2.43. The van der Waals surface area contributed by atoms with E-state index in [0.29, 0.717) is 42.6 Å². The molecule has 0 unspecified atom stereocenters. The van der Waals surface area contributed by atoms with Crippen molar-refractivity contribution in [2.45, 2.75) is 52.1 Å². The summed E-state index contributed by atoms with van der Waals surface area (Å²) in [6, 6.07) is 2.19. The molecule has 3 aliphatic rings. The number of carbonyl (C=O) groups excluding carboxylic acids is 1. The Kier molecular flexibility index (Phi) is 6.78. The van der Waals surface area contributed by atoms with Gasteiger partial charge in [0.2, 0.25) is 0 Å². The fourth-order valence-corrected chi connectivity index (χ4v) is 4.69. The summed E-state index contributed by atoms with van der Waals surface area (Å²) in [5.74, 6) is 0.865. The average molecular weight is 427 g/mol. The molecule has 1 saturated carbocycles. The maximum Gasteiger partial charge on any atom is 0.410 e. The molecule has 2 fully saturated rings. The van der Waals surface area contributed by atoms with Crippen molar-refractivity contribution in [2.75, 3.05) is 33.3 Å². The van der Waals surface area contributed by atoms with E-state index >= 15 is 0 Å². The van der Waals surface area contributed by atoms with Crippen molar-refractivity contribution in [3.05, 3.63) is 35.8 Å². The van der Waals surface area contributed by atoms with Crippen LogP contribution in [0.25, 0.3) is 0 Å². The van der Waals surface area contributed by atoms with Gasteiger partial charge < -0.3 is 19.3 Å². The highest BCUT2D eigenvalue weighted by molar-refractivity contribution is 5.70. The molecule has 2 aliphatic heterocycles. The van der Waals surface area contributed by atoms with E-state index in [1.165, 1.54) is 0 Å². The number of methoxy groups -OCH3 is 1. The Morgan fingerprint density at radius 3 is 2.90 bits per heavy atom. The standard InChI is InChI=1S/C24H34N4O3/c1-18-21(30-5)11-19(13-25)8-10-27(17-26-18)14-20-7-6-9-24(12-20)16-28(22(29)31-24)15-23(2,3)4/h8,11,17,20H,1,6-7,9-10,12,14-16H2,2-5H3/b19-8+,21-11?,26-17?/t20-,24-/m0/s1. The third-order valence-electron chi connectivity index (χ3n) is 5.95. The largest absolute Gasteiger partial charge is 0.494 e. The van der Waals surface area contributed by atoms with Crippen molar-refractivity contribution >= 4 is 12.4 Å². The first-order chi connectivity index (χ1) is 14.6. The highest BCUT2D eigenvalue weighted by Crippen LogP contribution is 2.40. The highest BCUT2D eigenvalue weighted by atomic mass is 16.6. The van der Waals surface area contributed by atoms with Crippen LogP contribution < -0.4 is 0 Å². The molecule has 0 aromatic heterocycles. The molecule has 168 valence electrons. The number of aliphatic imine (C=N–C) groups is 1. The van der Waals surface area contributed by atoms with Gasteiger partial charge in [0.25, 0.3) is 0 Å². The number of hydrogen-bond donors (Lipinski definition) is 0. The van der Waals surface area contributed by atoms with Crippen LogP contribution >= 0.6 is 0 Å². The number of rotatable bonds is 4. The van der Waals surface area contributed by atoms with Gasteiger partial charge in [0.05, 0.1) is 37.3 Å². The summed E-state index contributed by atoms with van der Waals surface area (Å²) < 4.78 is 11.3. The Balaban J connectivity index is 1.68. The molecular weight excluding hydrogens is 392 g/mol. The van der Waals surface area contributed by atoms with Crippen LogP contribution in [-0.2, 0) is 9.47 Å². The molecule has 1 aliphatic carbocycles. The van der Waals surface area contributed by atoms with Crippen LogP contribution in [0.3, 0.4) is 0 Å². The zero-order valence-corrected chi connectivity index (χ0v) is 19.2. The number of allylic oxidation sites excluding steroid dienone is 2. The first-order valence-electron chi connectivity index (χ1n) is 10.9. The fraction of sp³-hybridized carbons (Fsp3) is 0.625. The van der Waals surface area contributed by atoms with Crippen molar-refractivity contribution in [3.63, 3.8) is 0 Å². The lowest BCUT2D eigenvalue weighted by atomic mass is 9.77. The number of nitriles is 1. The molecule has 7 heteroatoms. The number of nitrogens with zero attached hydrogens (tertiary/aromatic N) is 4. The van der Waals surface area contributed by atoms with E-state index in [9.17, 15) is 10.1 Å². The average Bonchev–Trinajstić information content (AvgIpc) is 3.00. The van der Waals surface area contributed by atoms with Crippen molar-refractivity contribution in [3.8, 4) is 6.07 Å². The molecule has 1 spiro atoms. The molecule has 0 aromatic carbocycles. The topological polar surface area (TPSA) is 78.2 Å². The smallest absolute Gasteiger partial charge is 0.410 e. The minimum Gasteiger partial charge on any atom is -0.494 e. The zero-order valence-electron chi connectivity index (χ0n) is 19.2. The predicted octanol–water partition coefficient (Wildman–Crippen LogP) is 4.25. The summed E-state index contributed by atoms with van der Waals surface area (Å²) in [6.45, 7) is 13.1. The first kappa shape index (κ1) is 22.9. The van der Waals surface area contributed by atoms with Crippen LogP contribution in [0.4, 0.5) is 4.79 Å². The Morgan fingerprint density at radius 2 is 2.23 bits per heavy atom. The molecule has 0 radical (unpaired) electrons. The molecule has 2 atom stereocenters. The number of amides is 1. The minimum atomic E-state index is -0.385. The second-order valence-electron chi connectivity index (χ2n) is 10.1. The molecule has 0 N–H and O–H groups in total. The quantitative estimate of drug-likeness (QED) is 0.671. The van der Waals surface area contributed by atoms with E-state index in [1.807, 2.05) is 11.0 Å². The molecule has 1 saturated heterocycles. The first-order valence-corrected chi connectivity index (χ1v) is 10.9. The fourth-order valence-electron chi connectivity index (χ4n) is 4.69. The molecule has 3 rings (SSSR count). The summed E-state index contributed by atoms with van der Waals surface area (Å²) >= 11 is 0. The second kappa shape index (κ2) is 9.17. The highest BCUT2D eigenvalue weighted by Gasteiger charge is 2.48. The van der Waals surface area contributed by atoms with Crippen LogP contribution in [0.2, 0.25) is 0 Å². The number of ether oxygens (including phenoxy) is 2.